The Bertz CT molecular complexity index is 324. The number of amides is 2. The van der Waals surface area contributed by atoms with Crippen molar-refractivity contribution in [2.75, 3.05) is 39.5 Å². The predicted molar refractivity (Wildman–Crippen MR) is 86.3 cm³/mol. The smallest absolute Gasteiger partial charge is 0.317 e. The molecule has 0 radical (unpaired) electrons. The second-order valence-corrected chi connectivity index (χ2v) is 7.98. The fourth-order valence-corrected chi connectivity index (χ4v) is 4.55. The van der Waals surface area contributed by atoms with E-state index in [1.54, 1.807) is 0 Å². The average Bonchev–Trinajstić information content (AvgIpc) is 2.99. The molecule has 20 heavy (non-hydrogen) atoms. The van der Waals surface area contributed by atoms with Crippen LogP contribution in [0.25, 0.3) is 0 Å². The Morgan fingerprint density at radius 3 is 2.85 bits per heavy atom. The van der Waals surface area contributed by atoms with Crippen LogP contribution in [0.1, 0.15) is 32.6 Å². The van der Waals surface area contributed by atoms with Crippen molar-refractivity contribution in [1.82, 2.24) is 15.1 Å². The fraction of sp³-hybridized carbons (Fsp3) is 0.933. The number of rotatable bonds is 5. The van der Waals surface area contributed by atoms with E-state index in [0.29, 0.717) is 12.0 Å². The molecule has 0 bridgehead atoms. The summed E-state index contributed by atoms with van der Waals surface area (Å²) in [6.07, 6.45) is 4.70. The maximum absolute atomic E-state index is 12.3. The first-order chi connectivity index (χ1) is 9.58. The number of likely N-dealkylation sites (tertiary alicyclic amines) is 1. The van der Waals surface area contributed by atoms with E-state index in [0.717, 1.165) is 44.1 Å². The van der Waals surface area contributed by atoms with Gasteiger partial charge in [-0.15, -0.1) is 0 Å². The third kappa shape index (κ3) is 4.55. The molecular weight excluding hydrogens is 270 g/mol. The Morgan fingerprint density at radius 1 is 1.35 bits per heavy atom. The maximum atomic E-state index is 12.3. The van der Waals surface area contributed by atoms with Crippen LogP contribution in [0.15, 0.2) is 0 Å². The monoisotopic (exact) mass is 299 g/mol. The van der Waals surface area contributed by atoms with Crippen LogP contribution in [0.5, 0.6) is 0 Å². The lowest BCUT2D eigenvalue weighted by molar-refractivity contribution is 0.201. The third-order valence-electron chi connectivity index (χ3n) is 4.31. The van der Waals surface area contributed by atoms with Gasteiger partial charge in [-0.1, -0.05) is 6.92 Å². The minimum absolute atomic E-state index is 0.165. The summed E-state index contributed by atoms with van der Waals surface area (Å²) in [5.41, 5.74) is 0. The Balaban J connectivity index is 1.71. The molecule has 2 rings (SSSR count). The van der Waals surface area contributed by atoms with Crippen LogP contribution < -0.4 is 5.32 Å². The van der Waals surface area contributed by atoms with Crippen LogP contribution in [-0.2, 0) is 0 Å². The van der Waals surface area contributed by atoms with Crippen LogP contribution in [0, 0.1) is 5.92 Å². The van der Waals surface area contributed by atoms with Gasteiger partial charge in [0.15, 0.2) is 0 Å². The van der Waals surface area contributed by atoms with Crippen molar-refractivity contribution in [1.29, 1.82) is 0 Å². The predicted octanol–water partition coefficient (Wildman–Crippen LogP) is 2.25. The van der Waals surface area contributed by atoms with Crippen molar-refractivity contribution in [3.8, 4) is 0 Å². The van der Waals surface area contributed by atoms with Gasteiger partial charge in [0.2, 0.25) is 0 Å². The number of carbonyl (C=O) groups excluding carboxylic acids is 1. The molecule has 1 saturated heterocycles. The van der Waals surface area contributed by atoms with E-state index in [1.807, 2.05) is 16.7 Å². The van der Waals surface area contributed by atoms with Gasteiger partial charge in [-0.2, -0.15) is 11.8 Å². The topological polar surface area (TPSA) is 35.6 Å². The second-order valence-electron chi connectivity index (χ2n) is 6.40. The molecule has 1 aliphatic carbocycles. The molecule has 5 heteroatoms. The molecule has 0 aromatic heterocycles. The van der Waals surface area contributed by atoms with E-state index in [4.69, 9.17) is 0 Å². The summed E-state index contributed by atoms with van der Waals surface area (Å²) in [7, 11) is 4.21. The highest BCUT2D eigenvalue weighted by atomic mass is 32.2. The van der Waals surface area contributed by atoms with Crippen LogP contribution in [0.4, 0.5) is 4.79 Å². The lowest BCUT2D eigenvalue weighted by Gasteiger charge is -2.21. The van der Waals surface area contributed by atoms with Crippen molar-refractivity contribution in [3.63, 3.8) is 0 Å². The van der Waals surface area contributed by atoms with Crippen molar-refractivity contribution >= 4 is 17.8 Å². The molecule has 1 N–H and O–H groups in total. The third-order valence-corrected chi connectivity index (χ3v) is 5.54. The van der Waals surface area contributed by atoms with E-state index >= 15 is 0 Å². The molecule has 1 saturated carbocycles. The number of urea groups is 1. The lowest BCUT2D eigenvalue weighted by atomic mass is 10.1. The van der Waals surface area contributed by atoms with Crippen molar-refractivity contribution in [2.24, 2.45) is 5.92 Å². The van der Waals surface area contributed by atoms with E-state index in [1.165, 1.54) is 12.2 Å². The van der Waals surface area contributed by atoms with E-state index in [-0.39, 0.29) is 6.03 Å². The summed E-state index contributed by atoms with van der Waals surface area (Å²) < 4.78 is 0. The first-order valence-corrected chi connectivity index (χ1v) is 8.95. The summed E-state index contributed by atoms with van der Waals surface area (Å²) >= 11 is 2.04. The molecule has 2 aliphatic rings. The molecule has 0 spiro atoms. The number of thioether (sulfide) groups is 1. The number of hydrogen-bond acceptors (Lipinski definition) is 3. The molecule has 2 amide bonds. The van der Waals surface area contributed by atoms with Crippen LogP contribution in [0.2, 0.25) is 0 Å². The zero-order valence-corrected chi connectivity index (χ0v) is 13.9. The highest BCUT2D eigenvalue weighted by molar-refractivity contribution is 7.99. The fourth-order valence-electron chi connectivity index (χ4n) is 3.41. The average molecular weight is 299 g/mol. The van der Waals surface area contributed by atoms with Crippen LogP contribution >= 0.6 is 11.8 Å². The Labute approximate surface area is 127 Å². The van der Waals surface area contributed by atoms with Gasteiger partial charge in [0.1, 0.15) is 0 Å². The van der Waals surface area contributed by atoms with Gasteiger partial charge in [-0.25, -0.2) is 4.79 Å². The highest BCUT2D eigenvalue weighted by Gasteiger charge is 2.30. The van der Waals surface area contributed by atoms with Crippen molar-refractivity contribution in [3.05, 3.63) is 0 Å². The summed E-state index contributed by atoms with van der Waals surface area (Å²) in [6.45, 7) is 5.14. The van der Waals surface area contributed by atoms with Crippen LogP contribution in [0.3, 0.4) is 0 Å². The normalized spacial score (nSPS) is 30.2. The molecule has 0 aromatic rings. The molecule has 116 valence electrons. The van der Waals surface area contributed by atoms with Gasteiger partial charge in [0.25, 0.3) is 0 Å². The molecular formula is C15H29N3OS. The Kier molecular flexibility index (Phi) is 6.02. The summed E-state index contributed by atoms with van der Waals surface area (Å²) in [6, 6.07) is 0.567. The lowest BCUT2D eigenvalue weighted by Crippen LogP contribution is -2.43. The van der Waals surface area contributed by atoms with E-state index < -0.39 is 0 Å². The highest BCUT2D eigenvalue weighted by Crippen LogP contribution is 2.30. The van der Waals surface area contributed by atoms with E-state index in [9.17, 15) is 4.79 Å². The van der Waals surface area contributed by atoms with Crippen molar-refractivity contribution in [2.45, 2.75) is 43.9 Å². The number of nitrogens with one attached hydrogen (secondary N) is 1. The van der Waals surface area contributed by atoms with Gasteiger partial charge < -0.3 is 15.1 Å². The van der Waals surface area contributed by atoms with Gasteiger partial charge in [0.05, 0.1) is 0 Å². The van der Waals surface area contributed by atoms with Crippen LogP contribution in [-0.4, -0.2) is 66.6 Å². The summed E-state index contributed by atoms with van der Waals surface area (Å²) in [5, 5.41) is 4.00. The first-order valence-electron chi connectivity index (χ1n) is 7.90. The van der Waals surface area contributed by atoms with Gasteiger partial charge >= 0.3 is 6.03 Å². The molecule has 2 fully saturated rings. The quantitative estimate of drug-likeness (QED) is 0.846. The summed E-state index contributed by atoms with van der Waals surface area (Å²) in [5.74, 6) is 1.83. The molecule has 0 unspecified atom stereocenters. The molecule has 1 heterocycles. The number of carbonyl (C=O) groups is 1. The maximum Gasteiger partial charge on any atom is 0.317 e. The van der Waals surface area contributed by atoms with Gasteiger partial charge in [-0.05, 0) is 51.4 Å². The number of hydrogen-bond donors (Lipinski definition) is 1. The Morgan fingerprint density at radius 2 is 2.15 bits per heavy atom. The zero-order chi connectivity index (χ0) is 14.5. The van der Waals surface area contributed by atoms with Gasteiger partial charge in [-0.3, -0.25) is 0 Å². The molecule has 4 nitrogen and oxygen atoms in total. The first kappa shape index (κ1) is 16.0. The second kappa shape index (κ2) is 7.55. The molecule has 1 aliphatic heterocycles. The zero-order valence-electron chi connectivity index (χ0n) is 13.1. The largest absolute Gasteiger partial charge is 0.335 e. The molecule has 0 aromatic carbocycles. The molecule has 3 atom stereocenters. The minimum atomic E-state index is 0.165. The van der Waals surface area contributed by atoms with Gasteiger partial charge in [0, 0.05) is 30.9 Å². The SMILES string of the molecule is CCS[C@@H]1CC[C@H](NC(=O)N2CC[C@@H](CN(C)C)C2)C1. The Hall–Kier alpha value is -0.420. The number of nitrogens with zero attached hydrogens (tertiary/aromatic N) is 2. The summed E-state index contributed by atoms with van der Waals surface area (Å²) in [4.78, 5) is 16.5. The standard InChI is InChI=1S/C15H29N3OS/c1-4-20-14-6-5-13(9-14)16-15(19)18-8-7-12(11-18)10-17(2)3/h12-14H,4-11H2,1-3H3,(H,16,19)/t12-,13-,14+/m0/s1. The minimum Gasteiger partial charge on any atom is -0.335 e. The van der Waals surface area contributed by atoms with Crippen molar-refractivity contribution < 1.29 is 4.79 Å². The van der Waals surface area contributed by atoms with E-state index in [2.05, 4.69) is 31.2 Å².